The quantitative estimate of drug-likeness (QED) is 0.797. The number of benzene rings is 1. The molecule has 3 rings (SSSR count). The third-order valence-corrected chi connectivity index (χ3v) is 4.64. The van der Waals surface area contributed by atoms with Gasteiger partial charge in [-0.2, -0.15) is 5.26 Å². The van der Waals surface area contributed by atoms with E-state index in [1.807, 2.05) is 18.2 Å². The molecule has 0 aliphatic carbocycles. The van der Waals surface area contributed by atoms with E-state index >= 15 is 0 Å². The van der Waals surface area contributed by atoms with Crippen LogP contribution in [0, 0.1) is 11.3 Å². The molecule has 2 bridgehead atoms. The number of carbonyl (C=O) groups is 1. The Morgan fingerprint density at radius 3 is 2.58 bits per heavy atom. The number of carbonyl (C=O) groups excluding carboxylic acids is 1. The summed E-state index contributed by atoms with van der Waals surface area (Å²) >= 11 is 3.41. The fraction of sp³-hybridized carbons (Fsp3) is 0.467. The number of nitrogens with zero attached hydrogens (tertiary/aromatic N) is 2. The minimum Gasteiger partial charge on any atom is -0.364 e. The number of Topliss-reactive ketones (excluding diaryl/α,β-unsaturated/α-hetero) is 1. The molecule has 1 aromatic rings. The van der Waals surface area contributed by atoms with Crippen molar-refractivity contribution in [3.05, 3.63) is 28.2 Å². The average Bonchev–Trinajstić information content (AvgIpc) is 2.38. The molecule has 2 heterocycles. The van der Waals surface area contributed by atoms with Crippen LogP contribution in [0.3, 0.4) is 0 Å². The van der Waals surface area contributed by atoms with Crippen molar-refractivity contribution in [3.63, 3.8) is 0 Å². The Hall–Kier alpha value is -1.34. The summed E-state index contributed by atoms with van der Waals surface area (Å²) in [5.41, 5.74) is 1.69. The summed E-state index contributed by atoms with van der Waals surface area (Å²) in [4.78, 5) is 14.1. The highest BCUT2D eigenvalue weighted by Gasteiger charge is 2.38. The number of hydrogen-bond acceptors (Lipinski definition) is 3. The van der Waals surface area contributed by atoms with E-state index in [4.69, 9.17) is 0 Å². The first-order valence-electron chi connectivity index (χ1n) is 6.68. The van der Waals surface area contributed by atoms with Crippen molar-refractivity contribution in [1.29, 1.82) is 5.26 Å². The highest BCUT2D eigenvalue weighted by Crippen LogP contribution is 2.38. The molecule has 0 N–H and O–H groups in total. The summed E-state index contributed by atoms with van der Waals surface area (Å²) in [7, 11) is 0. The maximum Gasteiger partial charge on any atom is 0.137 e. The van der Waals surface area contributed by atoms with Crippen LogP contribution in [0.5, 0.6) is 0 Å². The number of nitriles is 1. The molecule has 0 spiro atoms. The molecule has 0 radical (unpaired) electrons. The molecule has 4 heteroatoms. The Bertz CT molecular complexity index is 548. The van der Waals surface area contributed by atoms with Gasteiger partial charge in [0.05, 0.1) is 11.3 Å². The molecule has 2 saturated heterocycles. The van der Waals surface area contributed by atoms with Crippen molar-refractivity contribution >= 4 is 27.4 Å². The third kappa shape index (κ3) is 2.28. The lowest BCUT2D eigenvalue weighted by atomic mass is 9.83. The zero-order chi connectivity index (χ0) is 13.4. The highest BCUT2D eigenvalue weighted by atomic mass is 79.9. The number of ketones is 1. The number of piperidine rings is 2. The normalized spacial score (nSPS) is 26.1. The van der Waals surface area contributed by atoms with Crippen LogP contribution in [0.2, 0.25) is 0 Å². The van der Waals surface area contributed by atoms with Gasteiger partial charge in [0.2, 0.25) is 0 Å². The standard InChI is InChI=1S/C15H15BrN2O/c16-11-4-5-15(10(6-11)9-17)18-12-2-1-3-13(18)8-14(19)7-12/h4-6,12-13H,1-3,7-8H2. The number of hydrogen-bond donors (Lipinski definition) is 0. The molecule has 0 aromatic heterocycles. The third-order valence-electron chi connectivity index (χ3n) is 4.15. The Kier molecular flexibility index (Phi) is 3.32. The predicted molar refractivity (Wildman–Crippen MR) is 77.0 cm³/mol. The van der Waals surface area contributed by atoms with E-state index in [0.717, 1.165) is 23.0 Å². The van der Waals surface area contributed by atoms with Gasteiger partial charge in [0.25, 0.3) is 0 Å². The van der Waals surface area contributed by atoms with Gasteiger partial charge in [-0.25, -0.2) is 0 Å². The van der Waals surface area contributed by atoms with E-state index in [2.05, 4.69) is 26.9 Å². The largest absolute Gasteiger partial charge is 0.364 e. The van der Waals surface area contributed by atoms with Gasteiger partial charge < -0.3 is 4.90 Å². The fourth-order valence-electron chi connectivity index (χ4n) is 3.39. The van der Waals surface area contributed by atoms with Crippen LogP contribution in [-0.2, 0) is 4.79 Å². The summed E-state index contributed by atoms with van der Waals surface area (Å²) in [6.45, 7) is 0. The summed E-state index contributed by atoms with van der Waals surface area (Å²) in [5, 5.41) is 9.32. The first-order chi connectivity index (χ1) is 9.19. The van der Waals surface area contributed by atoms with E-state index in [9.17, 15) is 10.1 Å². The predicted octanol–water partition coefficient (Wildman–Crippen LogP) is 3.41. The first kappa shape index (κ1) is 12.7. The van der Waals surface area contributed by atoms with E-state index in [0.29, 0.717) is 24.2 Å². The topological polar surface area (TPSA) is 44.1 Å². The van der Waals surface area contributed by atoms with E-state index < -0.39 is 0 Å². The van der Waals surface area contributed by atoms with Gasteiger partial charge >= 0.3 is 0 Å². The molecule has 2 unspecified atom stereocenters. The van der Waals surface area contributed by atoms with Gasteiger partial charge in [0.1, 0.15) is 11.9 Å². The first-order valence-corrected chi connectivity index (χ1v) is 7.48. The van der Waals surface area contributed by atoms with Crippen LogP contribution in [0.15, 0.2) is 22.7 Å². The van der Waals surface area contributed by atoms with E-state index in [1.54, 1.807) is 0 Å². The maximum atomic E-state index is 11.8. The van der Waals surface area contributed by atoms with E-state index in [-0.39, 0.29) is 12.1 Å². The van der Waals surface area contributed by atoms with Gasteiger partial charge in [0, 0.05) is 29.4 Å². The lowest BCUT2D eigenvalue weighted by Crippen LogP contribution is -2.52. The lowest BCUT2D eigenvalue weighted by Gasteiger charge is -2.47. The van der Waals surface area contributed by atoms with Crippen LogP contribution in [0.25, 0.3) is 0 Å². The molecule has 2 aliphatic heterocycles. The summed E-state index contributed by atoms with van der Waals surface area (Å²) < 4.78 is 0.922. The Morgan fingerprint density at radius 1 is 1.26 bits per heavy atom. The molecule has 1 aromatic carbocycles. The SMILES string of the molecule is N#Cc1cc(Br)ccc1N1C2CCCC1CC(=O)C2. The minimum atomic E-state index is 0.285. The molecule has 0 amide bonds. The molecule has 3 nitrogen and oxygen atoms in total. The zero-order valence-electron chi connectivity index (χ0n) is 10.6. The highest BCUT2D eigenvalue weighted by molar-refractivity contribution is 9.10. The second-order valence-electron chi connectivity index (χ2n) is 5.37. The van der Waals surface area contributed by atoms with Crippen LogP contribution in [0.1, 0.15) is 37.7 Å². The van der Waals surface area contributed by atoms with Crippen molar-refractivity contribution in [2.75, 3.05) is 4.90 Å². The van der Waals surface area contributed by atoms with Gasteiger partial charge in [-0.3, -0.25) is 4.79 Å². The molecule has 2 atom stereocenters. The van der Waals surface area contributed by atoms with Gasteiger partial charge in [-0.1, -0.05) is 15.9 Å². The molecule has 2 fully saturated rings. The van der Waals surface area contributed by atoms with Crippen molar-refractivity contribution in [3.8, 4) is 6.07 Å². The monoisotopic (exact) mass is 318 g/mol. The zero-order valence-corrected chi connectivity index (χ0v) is 12.2. The Labute approximate surface area is 121 Å². The van der Waals surface area contributed by atoms with Crippen molar-refractivity contribution in [2.45, 2.75) is 44.2 Å². The van der Waals surface area contributed by atoms with Crippen molar-refractivity contribution < 1.29 is 4.79 Å². The van der Waals surface area contributed by atoms with Gasteiger partial charge in [-0.05, 0) is 37.5 Å². The van der Waals surface area contributed by atoms with Crippen LogP contribution in [0.4, 0.5) is 5.69 Å². The second-order valence-corrected chi connectivity index (χ2v) is 6.28. The number of anilines is 1. The van der Waals surface area contributed by atoms with Gasteiger partial charge in [-0.15, -0.1) is 0 Å². The Morgan fingerprint density at radius 2 is 1.95 bits per heavy atom. The Balaban J connectivity index is 2.02. The maximum absolute atomic E-state index is 11.8. The van der Waals surface area contributed by atoms with E-state index in [1.165, 1.54) is 6.42 Å². The number of fused-ring (bicyclic) bond motifs is 2. The molecular weight excluding hydrogens is 304 g/mol. The smallest absolute Gasteiger partial charge is 0.137 e. The molecule has 98 valence electrons. The summed E-state index contributed by atoms with van der Waals surface area (Å²) in [5.74, 6) is 0.376. The second kappa shape index (κ2) is 4.97. The number of halogens is 1. The van der Waals surface area contributed by atoms with Crippen LogP contribution < -0.4 is 4.90 Å². The van der Waals surface area contributed by atoms with Crippen molar-refractivity contribution in [1.82, 2.24) is 0 Å². The van der Waals surface area contributed by atoms with Gasteiger partial charge in [0.15, 0.2) is 0 Å². The lowest BCUT2D eigenvalue weighted by molar-refractivity contribution is -0.121. The van der Waals surface area contributed by atoms with Crippen LogP contribution in [-0.4, -0.2) is 17.9 Å². The minimum absolute atomic E-state index is 0.285. The number of rotatable bonds is 1. The van der Waals surface area contributed by atoms with Crippen LogP contribution >= 0.6 is 15.9 Å². The fourth-order valence-corrected chi connectivity index (χ4v) is 3.75. The molecule has 19 heavy (non-hydrogen) atoms. The molecule has 2 aliphatic rings. The molecule has 0 saturated carbocycles. The molecular formula is C15H15BrN2O. The average molecular weight is 319 g/mol. The summed E-state index contributed by atoms with van der Waals surface area (Å²) in [6.07, 6.45) is 4.58. The van der Waals surface area contributed by atoms with Crippen molar-refractivity contribution in [2.24, 2.45) is 0 Å². The summed E-state index contributed by atoms with van der Waals surface area (Å²) in [6, 6.07) is 8.69.